The van der Waals surface area contributed by atoms with Crippen LogP contribution in [-0.4, -0.2) is 32.1 Å². The SMILES string of the molecule is Cc1cc([C@H](C)N2CCc3c(cc(CNc4cccc(=O)[nH]4)cc3-c3cn(C)nc3C(F)(F)F)C2=O)ccc1F. The number of fused-ring (bicyclic) bond motifs is 1. The summed E-state index contributed by atoms with van der Waals surface area (Å²) in [6.07, 6.45) is -3.06. The number of rotatable bonds is 6. The number of alkyl halides is 3. The van der Waals surface area contributed by atoms with Gasteiger partial charge in [0.05, 0.1) is 6.04 Å². The molecule has 11 heteroatoms. The summed E-state index contributed by atoms with van der Waals surface area (Å²) in [6, 6.07) is 12.2. The van der Waals surface area contributed by atoms with Crippen LogP contribution in [0, 0.1) is 12.7 Å². The second kappa shape index (κ2) is 10.3. The van der Waals surface area contributed by atoms with Crippen molar-refractivity contribution in [2.45, 2.75) is 39.0 Å². The second-order valence-electron chi connectivity index (χ2n) is 9.95. The van der Waals surface area contributed by atoms with Crippen molar-refractivity contribution in [3.63, 3.8) is 0 Å². The van der Waals surface area contributed by atoms with Crippen molar-refractivity contribution < 1.29 is 22.4 Å². The molecule has 5 rings (SSSR count). The number of aryl methyl sites for hydroxylation is 2. The number of aromatic nitrogens is 3. The predicted octanol–water partition coefficient (Wildman–Crippen LogP) is 5.61. The second-order valence-corrected chi connectivity index (χ2v) is 9.95. The van der Waals surface area contributed by atoms with E-state index in [2.05, 4.69) is 15.4 Å². The normalized spacial score (nSPS) is 14.3. The molecule has 1 atom stereocenters. The molecule has 40 heavy (non-hydrogen) atoms. The number of hydrogen-bond donors (Lipinski definition) is 2. The molecule has 3 heterocycles. The highest BCUT2D eigenvalue weighted by atomic mass is 19.4. The lowest BCUT2D eigenvalue weighted by atomic mass is 9.87. The van der Waals surface area contributed by atoms with Gasteiger partial charge in [-0.3, -0.25) is 14.3 Å². The number of nitrogens with one attached hydrogen (secondary N) is 2. The largest absolute Gasteiger partial charge is 0.435 e. The Bertz CT molecular complexity index is 1660. The molecule has 4 aromatic rings. The maximum absolute atomic E-state index is 14.0. The van der Waals surface area contributed by atoms with Gasteiger partial charge < -0.3 is 15.2 Å². The van der Waals surface area contributed by atoms with Gasteiger partial charge in [0.1, 0.15) is 11.6 Å². The van der Waals surface area contributed by atoms with Crippen molar-refractivity contribution in [2.75, 3.05) is 11.9 Å². The summed E-state index contributed by atoms with van der Waals surface area (Å²) in [5.41, 5.74) is 1.42. The van der Waals surface area contributed by atoms with Crippen LogP contribution in [0.25, 0.3) is 11.1 Å². The van der Waals surface area contributed by atoms with Crippen LogP contribution in [0.5, 0.6) is 0 Å². The third-order valence-electron chi connectivity index (χ3n) is 7.17. The first kappa shape index (κ1) is 27.2. The van der Waals surface area contributed by atoms with Crippen LogP contribution in [0.4, 0.5) is 23.4 Å². The van der Waals surface area contributed by atoms with Crippen molar-refractivity contribution in [1.82, 2.24) is 19.7 Å². The third kappa shape index (κ3) is 5.23. The van der Waals surface area contributed by atoms with E-state index in [0.717, 1.165) is 10.2 Å². The molecule has 0 unspecified atom stereocenters. The van der Waals surface area contributed by atoms with Crippen LogP contribution in [0.3, 0.4) is 0 Å². The Labute approximate surface area is 227 Å². The maximum atomic E-state index is 14.0. The number of carbonyl (C=O) groups is 1. The minimum absolute atomic E-state index is 0.107. The van der Waals surface area contributed by atoms with E-state index in [0.29, 0.717) is 34.5 Å². The Morgan fingerprint density at radius 1 is 1.07 bits per heavy atom. The van der Waals surface area contributed by atoms with Crippen molar-refractivity contribution in [2.24, 2.45) is 7.05 Å². The highest BCUT2D eigenvalue weighted by Crippen LogP contribution is 2.40. The Hall–Kier alpha value is -4.41. The number of nitrogens with zero attached hydrogens (tertiary/aromatic N) is 3. The molecule has 0 fully saturated rings. The van der Waals surface area contributed by atoms with Crippen molar-refractivity contribution in [3.05, 3.63) is 104 Å². The molecule has 1 aliphatic heterocycles. The Morgan fingerprint density at radius 2 is 1.82 bits per heavy atom. The number of carbonyl (C=O) groups excluding carboxylic acids is 1. The van der Waals surface area contributed by atoms with E-state index >= 15 is 0 Å². The van der Waals surface area contributed by atoms with Gasteiger partial charge in [-0.25, -0.2) is 4.39 Å². The molecular formula is C29H27F4N5O2. The van der Waals surface area contributed by atoms with Gasteiger partial charge in [0.25, 0.3) is 5.91 Å². The summed E-state index contributed by atoms with van der Waals surface area (Å²) < 4.78 is 56.9. The van der Waals surface area contributed by atoms with Gasteiger partial charge in [0, 0.05) is 43.5 Å². The zero-order valence-electron chi connectivity index (χ0n) is 22.1. The van der Waals surface area contributed by atoms with Gasteiger partial charge in [-0.2, -0.15) is 18.3 Å². The smallest absolute Gasteiger partial charge is 0.367 e. The van der Waals surface area contributed by atoms with Gasteiger partial charge in [0.15, 0.2) is 5.69 Å². The number of hydrogen-bond acceptors (Lipinski definition) is 4. The van der Waals surface area contributed by atoms with Gasteiger partial charge in [-0.05, 0) is 72.4 Å². The lowest BCUT2D eigenvalue weighted by Crippen LogP contribution is -2.39. The molecule has 7 nitrogen and oxygen atoms in total. The minimum Gasteiger partial charge on any atom is -0.367 e. The third-order valence-corrected chi connectivity index (χ3v) is 7.17. The Morgan fingerprint density at radius 3 is 2.52 bits per heavy atom. The number of aromatic amines is 1. The fraction of sp³-hybridized carbons (Fsp3) is 0.276. The molecule has 0 saturated heterocycles. The first-order valence-corrected chi connectivity index (χ1v) is 12.7. The quantitative estimate of drug-likeness (QED) is 0.304. The van der Waals surface area contributed by atoms with E-state index < -0.39 is 11.9 Å². The topological polar surface area (TPSA) is 83.0 Å². The van der Waals surface area contributed by atoms with E-state index in [4.69, 9.17) is 0 Å². The zero-order valence-corrected chi connectivity index (χ0v) is 22.1. The van der Waals surface area contributed by atoms with Gasteiger partial charge in [0.2, 0.25) is 5.56 Å². The van der Waals surface area contributed by atoms with E-state index in [-0.39, 0.29) is 47.5 Å². The maximum Gasteiger partial charge on any atom is 0.435 e. The molecule has 2 N–H and O–H groups in total. The molecular weight excluding hydrogens is 526 g/mol. The predicted molar refractivity (Wildman–Crippen MR) is 142 cm³/mol. The molecule has 208 valence electrons. The summed E-state index contributed by atoms with van der Waals surface area (Å²) in [4.78, 5) is 29.8. The lowest BCUT2D eigenvalue weighted by Gasteiger charge is -2.35. The van der Waals surface area contributed by atoms with Crippen LogP contribution in [0.15, 0.2) is 59.5 Å². The van der Waals surface area contributed by atoms with Crippen LogP contribution >= 0.6 is 0 Å². The van der Waals surface area contributed by atoms with E-state index in [1.54, 1.807) is 48.2 Å². The number of anilines is 1. The number of amides is 1. The number of halogens is 4. The summed E-state index contributed by atoms with van der Waals surface area (Å²) >= 11 is 0. The summed E-state index contributed by atoms with van der Waals surface area (Å²) in [6.45, 7) is 3.91. The highest BCUT2D eigenvalue weighted by molar-refractivity contribution is 5.99. The van der Waals surface area contributed by atoms with Crippen molar-refractivity contribution in [3.8, 4) is 11.1 Å². The van der Waals surface area contributed by atoms with Gasteiger partial charge in [-0.1, -0.05) is 18.2 Å². The Kier molecular flexibility index (Phi) is 6.99. The zero-order chi connectivity index (χ0) is 28.8. The molecule has 2 aromatic carbocycles. The molecule has 0 aliphatic carbocycles. The lowest BCUT2D eigenvalue weighted by molar-refractivity contribution is -0.140. The first-order chi connectivity index (χ1) is 18.9. The van der Waals surface area contributed by atoms with Crippen LogP contribution in [0.2, 0.25) is 0 Å². The van der Waals surface area contributed by atoms with Crippen LogP contribution < -0.4 is 10.9 Å². The fourth-order valence-corrected chi connectivity index (χ4v) is 5.14. The highest BCUT2D eigenvalue weighted by Gasteiger charge is 2.39. The van der Waals surface area contributed by atoms with E-state index in [9.17, 15) is 27.2 Å². The molecule has 2 aromatic heterocycles. The van der Waals surface area contributed by atoms with Crippen molar-refractivity contribution >= 4 is 11.7 Å². The number of pyridine rings is 1. The summed E-state index contributed by atoms with van der Waals surface area (Å²) in [5, 5.41) is 6.73. The fourth-order valence-electron chi connectivity index (χ4n) is 5.14. The van der Waals surface area contributed by atoms with Crippen LogP contribution in [-0.2, 0) is 26.2 Å². The molecule has 0 spiro atoms. The monoisotopic (exact) mass is 553 g/mol. The van der Waals surface area contributed by atoms with Crippen molar-refractivity contribution in [1.29, 1.82) is 0 Å². The first-order valence-electron chi connectivity index (χ1n) is 12.7. The standard InChI is InChI=1S/C29H27F4N5O2/c1-16-11-19(7-8-24(16)30)17(2)38-10-9-20-21(23-15-37(3)36-27(23)29(31,32)33)12-18(13-22(20)28(38)40)14-34-25-5-4-6-26(39)35-25/h4-8,11-13,15,17H,9-10,14H2,1-3H3,(H2,34,35,39)/t17-/m0/s1. The molecule has 0 bridgehead atoms. The van der Waals surface area contributed by atoms with Gasteiger partial charge >= 0.3 is 6.18 Å². The van der Waals surface area contributed by atoms with Gasteiger partial charge in [-0.15, -0.1) is 0 Å². The van der Waals surface area contributed by atoms with E-state index in [1.807, 2.05) is 6.92 Å². The minimum atomic E-state index is -4.69. The molecule has 1 aliphatic rings. The average molecular weight is 554 g/mol. The van der Waals surface area contributed by atoms with Crippen LogP contribution in [0.1, 0.15) is 51.3 Å². The number of benzene rings is 2. The average Bonchev–Trinajstić information content (AvgIpc) is 3.31. The number of H-pyrrole nitrogens is 1. The summed E-state index contributed by atoms with van der Waals surface area (Å²) in [5.74, 6) is -0.244. The Balaban J connectivity index is 1.59. The summed E-state index contributed by atoms with van der Waals surface area (Å²) in [7, 11) is 1.42. The van der Waals surface area contributed by atoms with E-state index in [1.165, 1.54) is 25.4 Å². The molecule has 0 saturated carbocycles. The molecule has 0 radical (unpaired) electrons. The molecule has 1 amide bonds.